The highest BCUT2D eigenvalue weighted by molar-refractivity contribution is 5.36. The molecule has 2 heterocycles. The van der Waals surface area contributed by atoms with Crippen LogP contribution in [-0.4, -0.2) is 20.6 Å². The molecule has 0 radical (unpaired) electrons. The van der Waals surface area contributed by atoms with E-state index in [0.717, 1.165) is 24.6 Å². The topological polar surface area (TPSA) is 42.7 Å². The second-order valence-electron chi connectivity index (χ2n) is 5.09. The summed E-state index contributed by atoms with van der Waals surface area (Å²) in [5, 5.41) is 3.41. The molecule has 0 saturated heterocycles. The van der Waals surface area contributed by atoms with Crippen LogP contribution in [0.3, 0.4) is 0 Å². The maximum atomic E-state index is 4.59. The first-order valence-electron chi connectivity index (χ1n) is 6.83. The van der Waals surface area contributed by atoms with Gasteiger partial charge in [0.2, 0.25) is 0 Å². The maximum absolute atomic E-state index is 4.59. The molecule has 19 heavy (non-hydrogen) atoms. The smallest absolute Gasteiger partial charge is 0.140 e. The minimum Gasteiger partial charge on any atom is -0.310 e. The summed E-state index contributed by atoms with van der Waals surface area (Å²) in [5.41, 5.74) is 2.39. The quantitative estimate of drug-likeness (QED) is 0.896. The summed E-state index contributed by atoms with van der Waals surface area (Å²) in [6.45, 7) is 9.35. The van der Waals surface area contributed by atoms with Gasteiger partial charge in [-0.1, -0.05) is 20.8 Å². The first-order chi connectivity index (χ1) is 9.11. The van der Waals surface area contributed by atoms with Gasteiger partial charge in [0.15, 0.2) is 0 Å². The van der Waals surface area contributed by atoms with Gasteiger partial charge in [0.25, 0.3) is 0 Å². The predicted molar refractivity (Wildman–Crippen MR) is 77.4 cm³/mol. The molecule has 1 N–H and O–H groups in total. The highest BCUT2D eigenvalue weighted by atomic mass is 15.1. The molecule has 0 fully saturated rings. The van der Waals surface area contributed by atoms with E-state index in [0.29, 0.717) is 6.04 Å². The zero-order valence-corrected chi connectivity index (χ0v) is 12.1. The minimum atomic E-state index is 0.486. The average molecular weight is 258 g/mol. The number of rotatable bonds is 5. The molecule has 2 aromatic rings. The van der Waals surface area contributed by atoms with Gasteiger partial charge >= 0.3 is 0 Å². The summed E-state index contributed by atoms with van der Waals surface area (Å²) >= 11 is 0. The zero-order chi connectivity index (χ0) is 13.8. The van der Waals surface area contributed by atoms with Crippen molar-refractivity contribution in [2.45, 2.75) is 46.7 Å². The molecule has 4 heteroatoms. The predicted octanol–water partition coefficient (Wildman–Crippen LogP) is 2.64. The molecule has 0 atom stereocenters. The number of imidazole rings is 1. The number of aromatic nitrogens is 3. The number of nitrogens with one attached hydrogen (secondary N) is 1. The van der Waals surface area contributed by atoms with Crippen molar-refractivity contribution in [3.63, 3.8) is 0 Å². The molecule has 2 aromatic heterocycles. The van der Waals surface area contributed by atoms with Crippen molar-refractivity contribution >= 4 is 0 Å². The monoisotopic (exact) mass is 258 g/mol. The SMILES string of the molecule is CCc1nccn1-c1ncc(CNC(C)C)cc1C. The van der Waals surface area contributed by atoms with E-state index >= 15 is 0 Å². The van der Waals surface area contributed by atoms with Crippen LogP contribution in [-0.2, 0) is 13.0 Å². The van der Waals surface area contributed by atoms with Crippen LogP contribution in [0, 0.1) is 6.92 Å². The van der Waals surface area contributed by atoms with Crippen molar-refractivity contribution in [3.05, 3.63) is 41.6 Å². The minimum absolute atomic E-state index is 0.486. The Bertz CT molecular complexity index is 543. The van der Waals surface area contributed by atoms with Crippen molar-refractivity contribution in [2.75, 3.05) is 0 Å². The maximum Gasteiger partial charge on any atom is 0.140 e. The average Bonchev–Trinajstić information content (AvgIpc) is 2.84. The van der Waals surface area contributed by atoms with E-state index in [4.69, 9.17) is 0 Å². The van der Waals surface area contributed by atoms with E-state index in [1.165, 1.54) is 11.1 Å². The second-order valence-corrected chi connectivity index (χ2v) is 5.09. The number of hydrogen-bond donors (Lipinski definition) is 1. The van der Waals surface area contributed by atoms with Crippen molar-refractivity contribution in [2.24, 2.45) is 0 Å². The van der Waals surface area contributed by atoms with Crippen LogP contribution in [0.25, 0.3) is 5.82 Å². The molecule has 0 saturated carbocycles. The lowest BCUT2D eigenvalue weighted by Crippen LogP contribution is -2.22. The van der Waals surface area contributed by atoms with Crippen LogP contribution in [0.4, 0.5) is 0 Å². The van der Waals surface area contributed by atoms with Gasteiger partial charge in [0.1, 0.15) is 11.6 Å². The Morgan fingerprint density at radius 1 is 1.32 bits per heavy atom. The molecule has 0 aliphatic carbocycles. The van der Waals surface area contributed by atoms with Crippen LogP contribution >= 0.6 is 0 Å². The summed E-state index contributed by atoms with van der Waals surface area (Å²) in [5.74, 6) is 2.02. The van der Waals surface area contributed by atoms with Crippen molar-refractivity contribution in [3.8, 4) is 5.82 Å². The molecular weight excluding hydrogens is 236 g/mol. The molecule has 0 aliphatic rings. The van der Waals surface area contributed by atoms with E-state index in [-0.39, 0.29) is 0 Å². The first kappa shape index (κ1) is 13.7. The van der Waals surface area contributed by atoms with Gasteiger partial charge in [-0.25, -0.2) is 9.97 Å². The normalized spacial score (nSPS) is 11.2. The second kappa shape index (κ2) is 5.97. The number of aryl methyl sites for hydroxylation is 2. The summed E-state index contributed by atoms with van der Waals surface area (Å²) < 4.78 is 2.06. The van der Waals surface area contributed by atoms with E-state index < -0.39 is 0 Å². The van der Waals surface area contributed by atoms with Crippen LogP contribution in [0.1, 0.15) is 37.7 Å². The summed E-state index contributed by atoms with van der Waals surface area (Å²) in [6, 6.07) is 2.68. The molecule has 0 spiro atoms. The lowest BCUT2D eigenvalue weighted by Gasteiger charge is -2.12. The van der Waals surface area contributed by atoms with Gasteiger partial charge in [-0.3, -0.25) is 4.57 Å². The summed E-state index contributed by atoms with van der Waals surface area (Å²) in [6.07, 6.45) is 6.65. The standard InChI is InChI=1S/C15H22N4/c1-5-14-16-6-7-19(14)15-12(4)8-13(10-18-15)9-17-11(2)3/h6-8,10-11,17H,5,9H2,1-4H3. The van der Waals surface area contributed by atoms with Gasteiger partial charge in [0, 0.05) is 37.6 Å². The van der Waals surface area contributed by atoms with Gasteiger partial charge in [0.05, 0.1) is 0 Å². The Morgan fingerprint density at radius 3 is 2.74 bits per heavy atom. The number of pyridine rings is 1. The van der Waals surface area contributed by atoms with E-state index in [1.807, 2.05) is 18.6 Å². The number of nitrogens with zero attached hydrogens (tertiary/aromatic N) is 3. The van der Waals surface area contributed by atoms with Crippen LogP contribution in [0.15, 0.2) is 24.7 Å². The van der Waals surface area contributed by atoms with Crippen LogP contribution < -0.4 is 5.32 Å². The Kier molecular flexibility index (Phi) is 4.32. The fourth-order valence-electron chi connectivity index (χ4n) is 2.09. The van der Waals surface area contributed by atoms with Gasteiger partial charge < -0.3 is 5.32 Å². The van der Waals surface area contributed by atoms with E-state index in [1.54, 1.807) is 0 Å². The van der Waals surface area contributed by atoms with Crippen molar-refractivity contribution in [1.29, 1.82) is 0 Å². The molecule has 102 valence electrons. The highest BCUT2D eigenvalue weighted by Crippen LogP contribution is 2.15. The molecule has 0 aromatic carbocycles. The lowest BCUT2D eigenvalue weighted by molar-refractivity contribution is 0.587. The van der Waals surface area contributed by atoms with E-state index in [2.05, 4.69) is 53.6 Å². The number of hydrogen-bond acceptors (Lipinski definition) is 3. The first-order valence-corrected chi connectivity index (χ1v) is 6.83. The summed E-state index contributed by atoms with van der Waals surface area (Å²) in [4.78, 5) is 8.93. The molecular formula is C15H22N4. The van der Waals surface area contributed by atoms with Crippen molar-refractivity contribution < 1.29 is 0 Å². The Morgan fingerprint density at radius 2 is 2.11 bits per heavy atom. The van der Waals surface area contributed by atoms with Crippen LogP contribution in [0.5, 0.6) is 0 Å². The van der Waals surface area contributed by atoms with Crippen LogP contribution in [0.2, 0.25) is 0 Å². The molecule has 2 rings (SSSR count). The van der Waals surface area contributed by atoms with Gasteiger partial charge in [-0.05, 0) is 24.1 Å². The molecule has 0 aliphatic heterocycles. The van der Waals surface area contributed by atoms with Crippen molar-refractivity contribution in [1.82, 2.24) is 19.9 Å². The third-order valence-corrected chi connectivity index (χ3v) is 3.08. The Hall–Kier alpha value is -1.68. The molecule has 0 bridgehead atoms. The van der Waals surface area contributed by atoms with Gasteiger partial charge in [-0.2, -0.15) is 0 Å². The fraction of sp³-hybridized carbons (Fsp3) is 0.467. The Balaban J connectivity index is 2.24. The van der Waals surface area contributed by atoms with Gasteiger partial charge in [-0.15, -0.1) is 0 Å². The summed E-state index contributed by atoms with van der Waals surface area (Å²) in [7, 11) is 0. The molecule has 0 unspecified atom stereocenters. The largest absolute Gasteiger partial charge is 0.310 e. The lowest BCUT2D eigenvalue weighted by atomic mass is 10.2. The Labute approximate surface area is 114 Å². The third kappa shape index (κ3) is 3.20. The highest BCUT2D eigenvalue weighted by Gasteiger charge is 2.08. The zero-order valence-electron chi connectivity index (χ0n) is 12.1. The van der Waals surface area contributed by atoms with E-state index in [9.17, 15) is 0 Å². The molecule has 4 nitrogen and oxygen atoms in total. The fourth-order valence-corrected chi connectivity index (χ4v) is 2.09. The third-order valence-electron chi connectivity index (χ3n) is 3.08. The molecule has 0 amide bonds.